The molecule has 10 heavy (non-hydrogen) atoms. The highest BCUT2D eigenvalue weighted by atomic mass is 16.3. The summed E-state index contributed by atoms with van der Waals surface area (Å²) >= 11 is 0. The first-order valence-corrected chi connectivity index (χ1v) is 3.24. The van der Waals surface area contributed by atoms with Crippen molar-refractivity contribution in [3.8, 4) is 0 Å². The quantitative estimate of drug-likeness (QED) is 0.536. The van der Waals surface area contributed by atoms with Gasteiger partial charge in [0.25, 0.3) is 0 Å². The van der Waals surface area contributed by atoms with Crippen LogP contribution in [0.3, 0.4) is 0 Å². The van der Waals surface area contributed by atoms with E-state index in [2.05, 4.69) is 4.99 Å². The molecule has 0 aromatic rings. The summed E-state index contributed by atoms with van der Waals surface area (Å²) in [5.74, 6) is 0. The maximum Gasteiger partial charge on any atom is 0.100 e. The number of rotatable bonds is 0. The lowest BCUT2D eigenvalue weighted by molar-refractivity contribution is 0.164. The summed E-state index contributed by atoms with van der Waals surface area (Å²) in [6, 6.07) is 0. The molecule has 0 aliphatic carbocycles. The summed E-state index contributed by atoms with van der Waals surface area (Å²) in [5, 5.41) is 9.43. The average molecular weight is 137 g/mol. The highest BCUT2D eigenvalue weighted by molar-refractivity contribution is 5.93. The zero-order valence-corrected chi connectivity index (χ0v) is 6.20. The van der Waals surface area contributed by atoms with E-state index in [1.807, 2.05) is 6.92 Å². The number of nitrogens with zero attached hydrogens (tertiary/aromatic N) is 1. The first-order valence-electron chi connectivity index (χ1n) is 3.24. The molecule has 1 heterocycles. The fourth-order valence-corrected chi connectivity index (χ4v) is 0.694. The van der Waals surface area contributed by atoms with Crippen molar-refractivity contribution in [3.63, 3.8) is 0 Å². The van der Waals surface area contributed by atoms with E-state index in [-0.39, 0.29) is 0 Å². The SMILES string of the molecule is CC1=NC=CC(C)(O)C=C1. The molecule has 1 rings (SSSR count). The first kappa shape index (κ1) is 7.22. The van der Waals surface area contributed by atoms with Crippen LogP contribution in [0.15, 0.2) is 29.4 Å². The Morgan fingerprint density at radius 3 is 2.90 bits per heavy atom. The molecule has 2 nitrogen and oxygen atoms in total. The number of aliphatic hydroxyl groups is 1. The molecular weight excluding hydrogens is 126 g/mol. The molecule has 1 atom stereocenters. The third-order valence-electron chi connectivity index (χ3n) is 1.35. The predicted molar refractivity (Wildman–Crippen MR) is 42.0 cm³/mol. The molecule has 0 fully saturated rings. The zero-order chi connectivity index (χ0) is 7.61. The standard InChI is InChI=1S/C8H11NO/c1-7-3-4-8(2,10)5-6-9-7/h3-6,10H,1-2H3. The molecule has 0 saturated carbocycles. The van der Waals surface area contributed by atoms with E-state index < -0.39 is 5.60 Å². The third kappa shape index (κ3) is 1.81. The van der Waals surface area contributed by atoms with Gasteiger partial charge in [-0.1, -0.05) is 0 Å². The summed E-state index contributed by atoms with van der Waals surface area (Å²) in [5.41, 5.74) is 0.0791. The molecule has 2 heteroatoms. The second-order valence-electron chi connectivity index (χ2n) is 2.65. The van der Waals surface area contributed by atoms with Gasteiger partial charge in [0.1, 0.15) is 5.60 Å². The Morgan fingerprint density at radius 2 is 2.20 bits per heavy atom. The fourth-order valence-electron chi connectivity index (χ4n) is 0.694. The Hall–Kier alpha value is -0.890. The van der Waals surface area contributed by atoms with Crippen molar-refractivity contribution in [2.75, 3.05) is 0 Å². The Labute approximate surface area is 60.6 Å². The molecular formula is C8H11NO. The van der Waals surface area contributed by atoms with Gasteiger partial charge in [0.2, 0.25) is 0 Å². The minimum Gasteiger partial charge on any atom is -0.382 e. The van der Waals surface area contributed by atoms with E-state index in [0.29, 0.717) is 0 Å². The van der Waals surface area contributed by atoms with Gasteiger partial charge in [-0.05, 0) is 32.1 Å². The lowest BCUT2D eigenvalue weighted by Gasteiger charge is -2.10. The fraction of sp³-hybridized carbons (Fsp3) is 0.375. The Morgan fingerprint density at radius 1 is 1.50 bits per heavy atom. The van der Waals surface area contributed by atoms with Crippen molar-refractivity contribution in [3.05, 3.63) is 24.4 Å². The molecule has 0 radical (unpaired) electrons. The zero-order valence-electron chi connectivity index (χ0n) is 6.20. The van der Waals surface area contributed by atoms with Gasteiger partial charge in [-0.25, -0.2) is 0 Å². The molecule has 1 aliphatic heterocycles. The number of hydrogen-bond donors (Lipinski definition) is 1. The van der Waals surface area contributed by atoms with E-state index in [9.17, 15) is 5.11 Å². The molecule has 0 aromatic carbocycles. The van der Waals surface area contributed by atoms with Gasteiger partial charge in [0.05, 0.1) is 0 Å². The van der Waals surface area contributed by atoms with Gasteiger partial charge in [-0.15, -0.1) is 0 Å². The van der Waals surface area contributed by atoms with Crippen LogP contribution in [0.5, 0.6) is 0 Å². The largest absolute Gasteiger partial charge is 0.382 e. The third-order valence-corrected chi connectivity index (χ3v) is 1.35. The molecule has 0 bridgehead atoms. The second-order valence-corrected chi connectivity index (χ2v) is 2.65. The second kappa shape index (κ2) is 2.39. The molecule has 1 N–H and O–H groups in total. The van der Waals surface area contributed by atoms with Crippen LogP contribution in [-0.4, -0.2) is 16.4 Å². The van der Waals surface area contributed by atoms with E-state index in [1.165, 1.54) is 0 Å². The van der Waals surface area contributed by atoms with Crippen LogP contribution in [0, 0.1) is 0 Å². The minimum absolute atomic E-state index is 0.832. The van der Waals surface area contributed by atoms with Gasteiger partial charge < -0.3 is 5.11 Å². The lowest BCUT2D eigenvalue weighted by Crippen LogP contribution is -2.15. The topological polar surface area (TPSA) is 32.6 Å². The van der Waals surface area contributed by atoms with Crippen LogP contribution < -0.4 is 0 Å². The van der Waals surface area contributed by atoms with Crippen molar-refractivity contribution in [1.82, 2.24) is 0 Å². The van der Waals surface area contributed by atoms with Crippen molar-refractivity contribution in [2.24, 2.45) is 4.99 Å². The van der Waals surface area contributed by atoms with Crippen LogP contribution in [0.1, 0.15) is 13.8 Å². The van der Waals surface area contributed by atoms with Gasteiger partial charge in [-0.3, -0.25) is 4.99 Å². The number of hydrogen-bond acceptors (Lipinski definition) is 2. The van der Waals surface area contributed by atoms with Crippen LogP contribution in [0.4, 0.5) is 0 Å². The number of aliphatic imine (C=N–C) groups is 1. The first-order chi connectivity index (χ1) is 4.60. The molecule has 1 aliphatic rings. The molecule has 0 amide bonds. The van der Waals surface area contributed by atoms with Crippen molar-refractivity contribution in [1.29, 1.82) is 0 Å². The van der Waals surface area contributed by atoms with E-state index >= 15 is 0 Å². The van der Waals surface area contributed by atoms with Crippen molar-refractivity contribution >= 4 is 5.71 Å². The molecule has 0 saturated heterocycles. The molecule has 54 valence electrons. The summed E-state index contributed by atoms with van der Waals surface area (Å²) in [6.45, 7) is 3.61. The number of allylic oxidation sites excluding steroid dienone is 1. The smallest absolute Gasteiger partial charge is 0.100 e. The maximum atomic E-state index is 9.43. The summed E-state index contributed by atoms with van der Waals surface area (Å²) < 4.78 is 0. The van der Waals surface area contributed by atoms with Crippen molar-refractivity contribution in [2.45, 2.75) is 19.4 Å². The normalized spacial score (nSPS) is 31.7. The van der Waals surface area contributed by atoms with E-state index in [0.717, 1.165) is 5.71 Å². The van der Waals surface area contributed by atoms with Crippen LogP contribution in [0.25, 0.3) is 0 Å². The minimum atomic E-state index is -0.832. The Kier molecular flexibility index (Phi) is 1.72. The van der Waals surface area contributed by atoms with E-state index in [4.69, 9.17) is 0 Å². The van der Waals surface area contributed by atoms with Crippen LogP contribution in [0.2, 0.25) is 0 Å². The highest BCUT2D eigenvalue weighted by Gasteiger charge is 2.11. The molecule has 0 spiro atoms. The monoisotopic (exact) mass is 137 g/mol. The molecule has 1 unspecified atom stereocenters. The highest BCUT2D eigenvalue weighted by Crippen LogP contribution is 2.09. The Balaban J connectivity index is 2.88. The predicted octanol–water partition coefficient (Wildman–Crippen LogP) is 1.28. The van der Waals surface area contributed by atoms with Gasteiger partial charge in [0.15, 0.2) is 0 Å². The summed E-state index contributed by atoms with van der Waals surface area (Å²) in [4.78, 5) is 4.01. The molecule has 0 aromatic heterocycles. The van der Waals surface area contributed by atoms with E-state index in [1.54, 1.807) is 31.4 Å². The van der Waals surface area contributed by atoms with Gasteiger partial charge in [-0.2, -0.15) is 0 Å². The summed E-state index contributed by atoms with van der Waals surface area (Å²) in [7, 11) is 0. The van der Waals surface area contributed by atoms with Gasteiger partial charge >= 0.3 is 0 Å². The summed E-state index contributed by atoms with van der Waals surface area (Å²) in [6.07, 6.45) is 6.80. The van der Waals surface area contributed by atoms with Crippen LogP contribution >= 0.6 is 0 Å². The van der Waals surface area contributed by atoms with Gasteiger partial charge in [0, 0.05) is 11.9 Å². The Bertz CT molecular complexity index is 211. The maximum absolute atomic E-state index is 9.43. The van der Waals surface area contributed by atoms with Crippen molar-refractivity contribution < 1.29 is 5.11 Å². The van der Waals surface area contributed by atoms with Crippen LogP contribution in [-0.2, 0) is 0 Å². The average Bonchev–Trinajstić information content (AvgIpc) is 1.94. The lowest BCUT2D eigenvalue weighted by atomic mass is 10.1.